The van der Waals surface area contributed by atoms with Gasteiger partial charge in [-0.05, 0) is 49.7 Å². The predicted octanol–water partition coefficient (Wildman–Crippen LogP) is 2.30. The highest BCUT2D eigenvalue weighted by Gasteiger charge is 2.46. The molecule has 4 heterocycles. The number of likely N-dealkylation sites (tertiary alicyclic amines) is 1. The lowest BCUT2D eigenvalue weighted by atomic mass is 9.90. The van der Waals surface area contributed by atoms with Crippen molar-refractivity contribution in [2.24, 2.45) is 11.3 Å². The van der Waals surface area contributed by atoms with Gasteiger partial charge in [0.25, 0.3) is 5.91 Å². The summed E-state index contributed by atoms with van der Waals surface area (Å²) in [6.45, 7) is 5.61. The van der Waals surface area contributed by atoms with Crippen molar-refractivity contribution in [3.8, 4) is 0 Å². The molecule has 0 spiro atoms. The van der Waals surface area contributed by atoms with Gasteiger partial charge in [0.2, 0.25) is 17.6 Å². The first kappa shape index (κ1) is 24.8. The topological polar surface area (TPSA) is 118 Å². The molecule has 0 aliphatic carbocycles. The minimum Gasteiger partial charge on any atom is -0.368 e. The maximum Gasteiger partial charge on any atom is 0.252 e. The smallest absolute Gasteiger partial charge is 0.252 e. The van der Waals surface area contributed by atoms with Crippen LogP contribution in [0.2, 0.25) is 0 Å². The van der Waals surface area contributed by atoms with Crippen LogP contribution in [-0.2, 0) is 19.1 Å². The number of nitrogens with zero attached hydrogens (tertiary/aromatic N) is 2. The van der Waals surface area contributed by atoms with Gasteiger partial charge in [-0.15, -0.1) is 11.3 Å². The summed E-state index contributed by atoms with van der Waals surface area (Å²) >= 11 is 1.28. The average molecular weight is 513 g/mol. The normalized spacial score (nSPS) is 26.2. The van der Waals surface area contributed by atoms with Crippen LogP contribution in [0.15, 0.2) is 24.3 Å². The number of para-hydroxylation sites is 1. The fraction of sp³-hybridized carbons (Fsp3) is 0.577. The summed E-state index contributed by atoms with van der Waals surface area (Å²) in [6.07, 6.45) is 2.26. The van der Waals surface area contributed by atoms with E-state index in [0.29, 0.717) is 44.0 Å². The van der Waals surface area contributed by atoms with Gasteiger partial charge in [-0.1, -0.05) is 26.0 Å². The van der Waals surface area contributed by atoms with Gasteiger partial charge in [0, 0.05) is 25.6 Å². The van der Waals surface area contributed by atoms with Gasteiger partial charge < -0.3 is 20.3 Å². The molecular weight excluding hydrogens is 480 g/mol. The second-order valence-corrected chi connectivity index (χ2v) is 11.8. The van der Waals surface area contributed by atoms with Crippen LogP contribution < -0.4 is 10.6 Å². The number of thiazole rings is 1. The lowest BCUT2D eigenvalue weighted by molar-refractivity contribution is -0.146. The Bertz CT molecular complexity index is 1150. The zero-order valence-electron chi connectivity index (χ0n) is 20.6. The standard InChI is InChI=1S/C26H32N4O5S/c1-26(2)13-18(30(14-26)25(34)19-7-5-11-35-19)23(33)28-17(12-15-9-10-27-22(15)32)21(31)24-29-16-6-3-4-8-20(16)36-24/h3-4,6,8,15,17-19H,5,7,9-14H2,1-2H3,(H,27,32)(H,28,33)/t15-,17-,18-,19+/m0/s1. The molecule has 3 saturated heterocycles. The maximum atomic E-state index is 13.6. The van der Waals surface area contributed by atoms with E-state index in [1.54, 1.807) is 4.90 Å². The molecule has 0 saturated carbocycles. The van der Waals surface area contributed by atoms with Crippen LogP contribution in [0.25, 0.3) is 10.2 Å². The molecule has 3 aliphatic heterocycles. The van der Waals surface area contributed by atoms with Gasteiger partial charge in [-0.2, -0.15) is 0 Å². The molecule has 192 valence electrons. The molecule has 0 bridgehead atoms. The predicted molar refractivity (Wildman–Crippen MR) is 134 cm³/mol. The first-order valence-corrected chi connectivity index (χ1v) is 13.4. The van der Waals surface area contributed by atoms with Crippen molar-refractivity contribution < 1.29 is 23.9 Å². The molecule has 4 atom stereocenters. The van der Waals surface area contributed by atoms with E-state index in [9.17, 15) is 19.2 Å². The van der Waals surface area contributed by atoms with Crippen LogP contribution in [0.4, 0.5) is 0 Å². The molecule has 2 aromatic rings. The third-order valence-electron chi connectivity index (χ3n) is 7.33. The van der Waals surface area contributed by atoms with E-state index in [1.165, 1.54) is 11.3 Å². The van der Waals surface area contributed by atoms with Crippen LogP contribution >= 0.6 is 11.3 Å². The number of carbonyl (C=O) groups is 4. The molecule has 9 nitrogen and oxygen atoms in total. The molecule has 1 aromatic carbocycles. The van der Waals surface area contributed by atoms with Crippen molar-refractivity contribution in [2.75, 3.05) is 19.7 Å². The summed E-state index contributed by atoms with van der Waals surface area (Å²) in [4.78, 5) is 58.9. The monoisotopic (exact) mass is 512 g/mol. The number of Topliss-reactive ketones (excluding diaryl/α,β-unsaturated/α-hetero) is 1. The molecule has 3 amide bonds. The van der Waals surface area contributed by atoms with Gasteiger partial charge in [-0.3, -0.25) is 19.2 Å². The highest BCUT2D eigenvalue weighted by molar-refractivity contribution is 7.20. The number of amides is 3. The number of aromatic nitrogens is 1. The fourth-order valence-corrected chi connectivity index (χ4v) is 6.43. The number of rotatable bonds is 7. The van der Waals surface area contributed by atoms with Gasteiger partial charge in [-0.25, -0.2) is 4.98 Å². The van der Waals surface area contributed by atoms with Crippen LogP contribution in [-0.4, -0.2) is 71.3 Å². The van der Waals surface area contributed by atoms with E-state index >= 15 is 0 Å². The summed E-state index contributed by atoms with van der Waals surface area (Å²) in [7, 11) is 0. The summed E-state index contributed by atoms with van der Waals surface area (Å²) in [5, 5.41) is 6.04. The van der Waals surface area contributed by atoms with Crippen molar-refractivity contribution >= 4 is 45.1 Å². The van der Waals surface area contributed by atoms with Crippen molar-refractivity contribution in [3.63, 3.8) is 0 Å². The number of hydrogen-bond donors (Lipinski definition) is 2. The molecule has 0 unspecified atom stereocenters. The maximum absolute atomic E-state index is 13.6. The van der Waals surface area contributed by atoms with Crippen molar-refractivity contribution in [1.82, 2.24) is 20.5 Å². The van der Waals surface area contributed by atoms with Crippen molar-refractivity contribution in [1.29, 1.82) is 0 Å². The molecule has 5 rings (SSSR count). The molecule has 3 aliphatic rings. The largest absolute Gasteiger partial charge is 0.368 e. The third-order valence-corrected chi connectivity index (χ3v) is 8.38. The van der Waals surface area contributed by atoms with E-state index in [0.717, 1.165) is 16.6 Å². The number of ketones is 1. The number of carbonyl (C=O) groups excluding carboxylic acids is 4. The quantitative estimate of drug-likeness (QED) is 0.550. The summed E-state index contributed by atoms with van der Waals surface area (Å²) < 4.78 is 6.49. The van der Waals surface area contributed by atoms with Gasteiger partial charge in [0.1, 0.15) is 12.1 Å². The summed E-state index contributed by atoms with van der Waals surface area (Å²) in [5.74, 6) is -1.31. The Morgan fingerprint density at radius 3 is 2.78 bits per heavy atom. The Morgan fingerprint density at radius 1 is 1.28 bits per heavy atom. The number of fused-ring (bicyclic) bond motifs is 1. The molecule has 10 heteroatoms. The Kier molecular flexibility index (Phi) is 6.82. The summed E-state index contributed by atoms with van der Waals surface area (Å²) in [6, 6.07) is 5.89. The molecule has 0 radical (unpaired) electrons. The van der Waals surface area contributed by atoms with E-state index in [-0.39, 0.29) is 41.3 Å². The van der Waals surface area contributed by atoms with Crippen LogP contribution in [0, 0.1) is 11.3 Å². The molecule has 3 fully saturated rings. The number of nitrogens with one attached hydrogen (secondary N) is 2. The zero-order valence-corrected chi connectivity index (χ0v) is 21.4. The molecular formula is C26H32N4O5S. The molecule has 1 aromatic heterocycles. The lowest BCUT2D eigenvalue weighted by Crippen LogP contribution is -2.53. The van der Waals surface area contributed by atoms with E-state index in [4.69, 9.17) is 4.74 Å². The number of ether oxygens (including phenoxy) is 1. The first-order valence-electron chi connectivity index (χ1n) is 12.6. The van der Waals surface area contributed by atoms with Crippen molar-refractivity contribution in [3.05, 3.63) is 29.3 Å². The molecule has 36 heavy (non-hydrogen) atoms. The Morgan fingerprint density at radius 2 is 2.08 bits per heavy atom. The van der Waals surface area contributed by atoms with E-state index < -0.39 is 18.2 Å². The minimum absolute atomic E-state index is 0.108. The third kappa shape index (κ3) is 5.01. The second kappa shape index (κ2) is 9.89. The van der Waals surface area contributed by atoms with Crippen molar-refractivity contribution in [2.45, 2.75) is 64.1 Å². The highest BCUT2D eigenvalue weighted by Crippen LogP contribution is 2.36. The molecule has 2 N–H and O–H groups in total. The van der Waals surface area contributed by atoms with E-state index in [1.807, 2.05) is 38.1 Å². The zero-order chi connectivity index (χ0) is 25.4. The lowest BCUT2D eigenvalue weighted by Gasteiger charge is -2.28. The Balaban J connectivity index is 1.38. The second-order valence-electron chi connectivity index (χ2n) is 10.8. The Labute approximate surface area is 214 Å². The average Bonchev–Trinajstić information content (AvgIpc) is 3.64. The van der Waals surface area contributed by atoms with Crippen LogP contribution in [0.1, 0.15) is 55.8 Å². The SMILES string of the molecule is CC1(C)C[C@@H](C(=O)N[C@@H](C[C@@H]2CCNC2=O)C(=O)c2nc3ccccc3s2)N(C(=O)[C@H]2CCCO2)C1. The first-order chi connectivity index (χ1) is 17.2. The fourth-order valence-electron chi connectivity index (χ4n) is 5.47. The van der Waals surface area contributed by atoms with Gasteiger partial charge >= 0.3 is 0 Å². The Hall–Kier alpha value is -2.85. The number of hydrogen-bond acceptors (Lipinski definition) is 7. The van der Waals surface area contributed by atoms with Gasteiger partial charge in [0.05, 0.1) is 16.3 Å². The van der Waals surface area contributed by atoms with Gasteiger partial charge in [0.15, 0.2) is 5.01 Å². The highest BCUT2D eigenvalue weighted by atomic mass is 32.1. The van der Waals surface area contributed by atoms with Crippen LogP contribution in [0.3, 0.4) is 0 Å². The number of benzene rings is 1. The summed E-state index contributed by atoms with van der Waals surface area (Å²) in [5.41, 5.74) is 0.481. The minimum atomic E-state index is -0.907. The van der Waals surface area contributed by atoms with Crippen LogP contribution in [0.5, 0.6) is 0 Å². The van der Waals surface area contributed by atoms with E-state index in [2.05, 4.69) is 15.6 Å².